The van der Waals surface area contributed by atoms with Gasteiger partial charge < -0.3 is 4.90 Å². The standard InChI is InChI=1S/C27H26N4O3/c1-20-11-13-21(14-12-20)19-28-15-17-29(18-16-28)25-23-9-5-6-10-24(23)30(22-7-3-2-4-8-22)27(32)26(25)31(33)34/h2-14H,15-19H2,1H3. The van der Waals surface area contributed by atoms with Crippen LogP contribution in [0.5, 0.6) is 0 Å². The van der Waals surface area contributed by atoms with Gasteiger partial charge in [-0.25, -0.2) is 0 Å². The molecule has 0 N–H and O–H groups in total. The average molecular weight is 455 g/mol. The van der Waals surface area contributed by atoms with Crippen molar-refractivity contribution in [3.8, 4) is 5.69 Å². The fraction of sp³-hybridized carbons (Fsp3) is 0.222. The molecule has 0 radical (unpaired) electrons. The maximum absolute atomic E-state index is 13.5. The summed E-state index contributed by atoms with van der Waals surface area (Å²) < 4.78 is 1.45. The number of rotatable bonds is 5. The van der Waals surface area contributed by atoms with Crippen LogP contribution >= 0.6 is 0 Å². The van der Waals surface area contributed by atoms with E-state index in [1.807, 2.05) is 47.4 Å². The van der Waals surface area contributed by atoms with Crippen LogP contribution in [0.15, 0.2) is 83.7 Å². The largest absolute Gasteiger partial charge is 0.363 e. The number of aromatic nitrogens is 1. The van der Waals surface area contributed by atoms with Gasteiger partial charge in [-0.15, -0.1) is 0 Å². The zero-order valence-corrected chi connectivity index (χ0v) is 19.1. The lowest BCUT2D eigenvalue weighted by Crippen LogP contribution is -2.46. The molecule has 2 heterocycles. The second-order valence-electron chi connectivity index (χ2n) is 8.70. The van der Waals surface area contributed by atoms with Gasteiger partial charge in [-0.05, 0) is 30.7 Å². The molecule has 172 valence electrons. The summed E-state index contributed by atoms with van der Waals surface area (Å²) in [4.78, 5) is 29.5. The number of para-hydroxylation sites is 2. The molecule has 1 aliphatic rings. The maximum Gasteiger partial charge on any atom is 0.358 e. The molecule has 1 saturated heterocycles. The number of hydrogen-bond donors (Lipinski definition) is 0. The van der Waals surface area contributed by atoms with Gasteiger partial charge in [0.2, 0.25) is 0 Å². The first-order valence-corrected chi connectivity index (χ1v) is 11.4. The van der Waals surface area contributed by atoms with Crippen molar-refractivity contribution in [3.63, 3.8) is 0 Å². The Labute approximate surface area is 197 Å². The van der Waals surface area contributed by atoms with Gasteiger partial charge in [0.15, 0.2) is 0 Å². The van der Waals surface area contributed by atoms with Crippen LogP contribution in [-0.4, -0.2) is 40.6 Å². The number of fused-ring (bicyclic) bond motifs is 1. The SMILES string of the molecule is Cc1ccc(CN2CCN(c3c([N+](=O)[O-])c(=O)n(-c4ccccc4)c4ccccc34)CC2)cc1. The quantitative estimate of drug-likeness (QED) is 0.327. The average Bonchev–Trinajstić information content (AvgIpc) is 2.85. The van der Waals surface area contributed by atoms with E-state index in [0.717, 1.165) is 19.6 Å². The molecule has 0 aliphatic carbocycles. The van der Waals surface area contributed by atoms with Crippen molar-refractivity contribution in [3.05, 3.63) is 110 Å². The van der Waals surface area contributed by atoms with Crippen molar-refractivity contribution in [2.75, 3.05) is 31.1 Å². The van der Waals surface area contributed by atoms with Crippen molar-refractivity contribution in [1.82, 2.24) is 9.47 Å². The maximum atomic E-state index is 13.5. The Hall–Kier alpha value is -3.97. The summed E-state index contributed by atoms with van der Waals surface area (Å²) in [5.74, 6) is 0. The minimum absolute atomic E-state index is 0.366. The van der Waals surface area contributed by atoms with Gasteiger partial charge in [0.25, 0.3) is 0 Å². The normalized spacial score (nSPS) is 14.4. The van der Waals surface area contributed by atoms with Crippen molar-refractivity contribution in [2.45, 2.75) is 13.5 Å². The summed E-state index contributed by atoms with van der Waals surface area (Å²) in [6.45, 7) is 5.68. The fourth-order valence-corrected chi connectivity index (χ4v) is 4.71. The summed E-state index contributed by atoms with van der Waals surface area (Å²) in [6.07, 6.45) is 0. The number of nitrogens with zero attached hydrogens (tertiary/aromatic N) is 4. The third-order valence-electron chi connectivity index (χ3n) is 6.44. The molecule has 4 aromatic rings. The first kappa shape index (κ1) is 21.9. The summed E-state index contributed by atoms with van der Waals surface area (Å²) in [7, 11) is 0. The van der Waals surface area contributed by atoms with E-state index in [9.17, 15) is 14.9 Å². The molecule has 0 amide bonds. The molecule has 0 saturated carbocycles. The molecule has 7 nitrogen and oxygen atoms in total. The highest BCUT2D eigenvalue weighted by Gasteiger charge is 2.31. The minimum atomic E-state index is -0.605. The second-order valence-corrected chi connectivity index (χ2v) is 8.70. The highest BCUT2D eigenvalue weighted by Crippen LogP contribution is 2.35. The Bertz CT molecular complexity index is 1390. The van der Waals surface area contributed by atoms with Crippen LogP contribution in [0.25, 0.3) is 16.6 Å². The van der Waals surface area contributed by atoms with Crippen molar-refractivity contribution >= 4 is 22.3 Å². The van der Waals surface area contributed by atoms with Crippen LogP contribution in [0.1, 0.15) is 11.1 Å². The lowest BCUT2D eigenvalue weighted by Gasteiger charge is -2.36. The first-order chi connectivity index (χ1) is 16.5. The monoisotopic (exact) mass is 454 g/mol. The molecule has 3 aromatic carbocycles. The van der Waals surface area contributed by atoms with Gasteiger partial charge in [0.1, 0.15) is 5.69 Å². The molecule has 1 fully saturated rings. The number of nitro groups is 1. The minimum Gasteiger partial charge on any atom is -0.363 e. The van der Waals surface area contributed by atoms with E-state index in [1.54, 1.807) is 12.1 Å². The molecule has 0 unspecified atom stereocenters. The summed E-state index contributed by atoms with van der Waals surface area (Å²) in [5.41, 5.74) is 3.22. The number of piperazine rings is 1. The van der Waals surface area contributed by atoms with E-state index >= 15 is 0 Å². The molecule has 1 aromatic heterocycles. The lowest BCUT2D eigenvalue weighted by atomic mass is 10.1. The Kier molecular flexibility index (Phi) is 5.86. The first-order valence-electron chi connectivity index (χ1n) is 11.4. The molecule has 0 bridgehead atoms. The van der Waals surface area contributed by atoms with Crippen LogP contribution < -0.4 is 10.5 Å². The molecule has 0 atom stereocenters. The van der Waals surface area contributed by atoms with Gasteiger partial charge in [0.05, 0.1) is 10.4 Å². The number of hydrogen-bond acceptors (Lipinski definition) is 5. The predicted molar refractivity (Wildman–Crippen MR) is 135 cm³/mol. The summed E-state index contributed by atoms with van der Waals surface area (Å²) >= 11 is 0. The fourth-order valence-electron chi connectivity index (χ4n) is 4.71. The number of aryl methyl sites for hydroxylation is 1. The molecule has 1 aliphatic heterocycles. The molecule has 34 heavy (non-hydrogen) atoms. The van der Waals surface area contributed by atoms with Crippen LogP contribution in [0.2, 0.25) is 0 Å². The Balaban J connectivity index is 1.53. The van der Waals surface area contributed by atoms with E-state index in [0.29, 0.717) is 35.4 Å². The third-order valence-corrected chi connectivity index (χ3v) is 6.44. The van der Waals surface area contributed by atoms with E-state index in [4.69, 9.17) is 0 Å². The van der Waals surface area contributed by atoms with Crippen molar-refractivity contribution < 1.29 is 4.92 Å². The van der Waals surface area contributed by atoms with E-state index in [1.165, 1.54) is 15.7 Å². The van der Waals surface area contributed by atoms with Gasteiger partial charge in [-0.3, -0.25) is 24.4 Å². The number of anilines is 1. The van der Waals surface area contributed by atoms with E-state index in [-0.39, 0.29) is 5.69 Å². The molecule has 0 spiro atoms. The van der Waals surface area contributed by atoms with Gasteiger partial charge >= 0.3 is 11.2 Å². The van der Waals surface area contributed by atoms with E-state index < -0.39 is 10.5 Å². The smallest absolute Gasteiger partial charge is 0.358 e. The topological polar surface area (TPSA) is 71.6 Å². The van der Waals surface area contributed by atoms with Crippen molar-refractivity contribution in [1.29, 1.82) is 0 Å². The van der Waals surface area contributed by atoms with Gasteiger partial charge in [0, 0.05) is 43.8 Å². The molecular formula is C27H26N4O3. The van der Waals surface area contributed by atoms with Crippen LogP contribution in [0, 0.1) is 17.0 Å². The number of benzene rings is 3. The zero-order valence-electron chi connectivity index (χ0n) is 19.1. The molecular weight excluding hydrogens is 428 g/mol. The zero-order chi connectivity index (χ0) is 23.7. The van der Waals surface area contributed by atoms with Crippen molar-refractivity contribution in [2.24, 2.45) is 0 Å². The Morgan fingerprint density at radius 2 is 1.50 bits per heavy atom. The van der Waals surface area contributed by atoms with Crippen LogP contribution in [0.4, 0.5) is 11.4 Å². The number of pyridine rings is 1. The predicted octanol–water partition coefficient (Wildman–Crippen LogP) is 4.53. The molecule has 7 heteroatoms. The Morgan fingerprint density at radius 3 is 2.18 bits per heavy atom. The molecule has 5 rings (SSSR count). The van der Waals surface area contributed by atoms with E-state index in [2.05, 4.69) is 36.1 Å². The Morgan fingerprint density at radius 1 is 0.853 bits per heavy atom. The highest BCUT2D eigenvalue weighted by atomic mass is 16.6. The van der Waals surface area contributed by atoms with Crippen LogP contribution in [-0.2, 0) is 6.54 Å². The van der Waals surface area contributed by atoms with Gasteiger partial charge in [-0.2, -0.15) is 0 Å². The highest BCUT2D eigenvalue weighted by molar-refractivity contribution is 5.97. The summed E-state index contributed by atoms with van der Waals surface area (Å²) in [6, 6.07) is 25.0. The summed E-state index contributed by atoms with van der Waals surface area (Å²) in [5, 5.41) is 12.9. The van der Waals surface area contributed by atoms with Gasteiger partial charge in [-0.1, -0.05) is 66.2 Å². The third kappa shape index (κ3) is 4.06. The van der Waals surface area contributed by atoms with Crippen LogP contribution in [0.3, 0.4) is 0 Å². The second kappa shape index (κ2) is 9.11. The lowest BCUT2D eigenvalue weighted by molar-refractivity contribution is -0.385.